The van der Waals surface area contributed by atoms with Crippen molar-refractivity contribution >= 4 is 0 Å². The average Bonchev–Trinajstić information content (AvgIpc) is 2.73. The fourth-order valence-electron chi connectivity index (χ4n) is 2.42. The number of nitrogens with zero attached hydrogens (tertiary/aromatic N) is 1. The second-order valence-electron chi connectivity index (χ2n) is 5.04. The summed E-state index contributed by atoms with van der Waals surface area (Å²) in [5.41, 5.74) is 1.28. The van der Waals surface area contributed by atoms with Gasteiger partial charge in [0, 0.05) is 12.6 Å². The number of hydrogen-bond acceptors (Lipinski definition) is 2. The standard InChI is InChI=1S/C15H23NO/c1-13-6-8-15(9-7-13)17-12-4-11-16-10-3-5-14(16)2/h6-9,14H,3-5,10-12H2,1-2H3. The topological polar surface area (TPSA) is 12.5 Å². The fourth-order valence-corrected chi connectivity index (χ4v) is 2.42. The highest BCUT2D eigenvalue weighted by atomic mass is 16.5. The molecule has 0 radical (unpaired) electrons. The van der Waals surface area contributed by atoms with Crippen molar-refractivity contribution in [1.29, 1.82) is 0 Å². The van der Waals surface area contributed by atoms with Crippen molar-refractivity contribution in [3.8, 4) is 5.75 Å². The van der Waals surface area contributed by atoms with E-state index in [2.05, 4.69) is 30.9 Å². The lowest BCUT2D eigenvalue weighted by molar-refractivity contribution is 0.230. The summed E-state index contributed by atoms with van der Waals surface area (Å²) < 4.78 is 5.73. The third kappa shape index (κ3) is 3.74. The maximum atomic E-state index is 5.73. The molecule has 1 aromatic rings. The van der Waals surface area contributed by atoms with Gasteiger partial charge in [-0.25, -0.2) is 0 Å². The van der Waals surface area contributed by atoms with Gasteiger partial charge in [0.1, 0.15) is 5.75 Å². The Morgan fingerprint density at radius 2 is 2.06 bits per heavy atom. The van der Waals surface area contributed by atoms with Crippen LogP contribution in [0.4, 0.5) is 0 Å². The average molecular weight is 233 g/mol. The van der Waals surface area contributed by atoms with Crippen LogP contribution in [0.2, 0.25) is 0 Å². The largest absolute Gasteiger partial charge is 0.494 e. The second kappa shape index (κ2) is 6.06. The Kier molecular flexibility index (Phi) is 4.43. The van der Waals surface area contributed by atoms with E-state index in [-0.39, 0.29) is 0 Å². The molecule has 17 heavy (non-hydrogen) atoms. The first-order valence-electron chi connectivity index (χ1n) is 6.69. The molecule has 0 amide bonds. The predicted octanol–water partition coefficient (Wildman–Crippen LogP) is 3.25. The van der Waals surface area contributed by atoms with E-state index in [0.717, 1.165) is 24.8 Å². The summed E-state index contributed by atoms with van der Waals surface area (Å²) in [6.45, 7) is 7.69. The van der Waals surface area contributed by atoms with Crippen LogP contribution >= 0.6 is 0 Å². The highest BCUT2D eigenvalue weighted by molar-refractivity contribution is 5.26. The smallest absolute Gasteiger partial charge is 0.119 e. The van der Waals surface area contributed by atoms with Crippen molar-refractivity contribution in [2.75, 3.05) is 19.7 Å². The van der Waals surface area contributed by atoms with Crippen molar-refractivity contribution in [3.63, 3.8) is 0 Å². The molecule has 1 saturated heterocycles. The second-order valence-corrected chi connectivity index (χ2v) is 5.04. The minimum atomic E-state index is 0.773. The van der Waals surface area contributed by atoms with Gasteiger partial charge in [0.15, 0.2) is 0 Å². The molecule has 0 aliphatic carbocycles. The van der Waals surface area contributed by atoms with Gasteiger partial charge in [-0.3, -0.25) is 0 Å². The third-order valence-electron chi connectivity index (χ3n) is 3.57. The van der Waals surface area contributed by atoms with Crippen molar-refractivity contribution in [3.05, 3.63) is 29.8 Å². The molecule has 1 unspecified atom stereocenters. The lowest BCUT2D eigenvalue weighted by Crippen LogP contribution is -2.28. The summed E-state index contributed by atoms with van der Waals surface area (Å²) >= 11 is 0. The lowest BCUT2D eigenvalue weighted by atomic mass is 10.2. The first-order chi connectivity index (χ1) is 8.25. The van der Waals surface area contributed by atoms with E-state index in [4.69, 9.17) is 4.74 Å². The molecule has 1 aliphatic rings. The lowest BCUT2D eigenvalue weighted by Gasteiger charge is -2.20. The molecule has 1 fully saturated rings. The van der Waals surface area contributed by atoms with Crippen molar-refractivity contribution in [1.82, 2.24) is 4.90 Å². The first-order valence-corrected chi connectivity index (χ1v) is 6.69. The van der Waals surface area contributed by atoms with Crippen LogP contribution in [0.3, 0.4) is 0 Å². The fraction of sp³-hybridized carbons (Fsp3) is 0.600. The third-order valence-corrected chi connectivity index (χ3v) is 3.57. The van der Waals surface area contributed by atoms with Crippen LogP contribution in [0, 0.1) is 6.92 Å². The molecule has 2 rings (SSSR count). The van der Waals surface area contributed by atoms with Crippen LogP contribution in [-0.4, -0.2) is 30.6 Å². The molecule has 1 atom stereocenters. The van der Waals surface area contributed by atoms with Gasteiger partial charge in [-0.05, 0) is 51.8 Å². The predicted molar refractivity (Wildman–Crippen MR) is 71.6 cm³/mol. The molecular weight excluding hydrogens is 210 g/mol. The molecular formula is C15H23NO. The highest BCUT2D eigenvalue weighted by Crippen LogP contribution is 2.16. The van der Waals surface area contributed by atoms with Gasteiger partial charge < -0.3 is 9.64 Å². The van der Waals surface area contributed by atoms with Crippen molar-refractivity contribution < 1.29 is 4.74 Å². The maximum absolute atomic E-state index is 5.73. The Morgan fingerprint density at radius 3 is 2.71 bits per heavy atom. The summed E-state index contributed by atoms with van der Waals surface area (Å²) in [6, 6.07) is 9.06. The molecule has 94 valence electrons. The molecule has 0 bridgehead atoms. The monoisotopic (exact) mass is 233 g/mol. The Labute approximate surface area is 105 Å². The normalized spacial score (nSPS) is 20.7. The van der Waals surface area contributed by atoms with Gasteiger partial charge >= 0.3 is 0 Å². The molecule has 1 aliphatic heterocycles. The number of benzene rings is 1. The first kappa shape index (κ1) is 12.4. The van der Waals surface area contributed by atoms with Crippen LogP contribution in [0.25, 0.3) is 0 Å². The van der Waals surface area contributed by atoms with Crippen molar-refractivity contribution in [2.24, 2.45) is 0 Å². The van der Waals surface area contributed by atoms with E-state index in [1.54, 1.807) is 0 Å². The van der Waals surface area contributed by atoms with Crippen molar-refractivity contribution in [2.45, 2.75) is 39.2 Å². The van der Waals surface area contributed by atoms with Crippen LogP contribution < -0.4 is 4.74 Å². The minimum absolute atomic E-state index is 0.773. The highest BCUT2D eigenvalue weighted by Gasteiger charge is 2.18. The van der Waals surface area contributed by atoms with Crippen LogP contribution in [0.1, 0.15) is 31.7 Å². The molecule has 0 N–H and O–H groups in total. The van der Waals surface area contributed by atoms with Gasteiger partial charge in [-0.1, -0.05) is 17.7 Å². The van der Waals surface area contributed by atoms with Gasteiger partial charge in [0.25, 0.3) is 0 Å². The Bertz CT molecular complexity index is 333. The number of rotatable bonds is 5. The summed E-state index contributed by atoms with van der Waals surface area (Å²) in [4.78, 5) is 2.57. The van der Waals surface area contributed by atoms with Gasteiger partial charge in [-0.15, -0.1) is 0 Å². The van der Waals surface area contributed by atoms with E-state index < -0.39 is 0 Å². The molecule has 1 aromatic carbocycles. The summed E-state index contributed by atoms with van der Waals surface area (Å²) in [7, 11) is 0. The molecule has 2 heteroatoms. The van der Waals surface area contributed by atoms with Gasteiger partial charge in [-0.2, -0.15) is 0 Å². The van der Waals surface area contributed by atoms with Gasteiger partial charge in [0.05, 0.1) is 6.61 Å². The Morgan fingerprint density at radius 1 is 1.29 bits per heavy atom. The summed E-state index contributed by atoms with van der Waals surface area (Å²) in [6.07, 6.45) is 3.84. The van der Waals surface area contributed by atoms with E-state index in [1.807, 2.05) is 12.1 Å². The van der Waals surface area contributed by atoms with E-state index in [9.17, 15) is 0 Å². The SMILES string of the molecule is Cc1ccc(OCCCN2CCCC2C)cc1. The van der Waals surface area contributed by atoms with Gasteiger partial charge in [0.2, 0.25) is 0 Å². The molecule has 0 spiro atoms. The molecule has 0 aromatic heterocycles. The molecule has 2 nitrogen and oxygen atoms in total. The minimum Gasteiger partial charge on any atom is -0.494 e. The molecule has 1 heterocycles. The molecule has 0 saturated carbocycles. The maximum Gasteiger partial charge on any atom is 0.119 e. The quantitative estimate of drug-likeness (QED) is 0.724. The van der Waals surface area contributed by atoms with Crippen LogP contribution in [0.15, 0.2) is 24.3 Å². The number of likely N-dealkylation sites (tertiary alicyclic amines) is 1. The Hall–Kier alpha value is -1.02. The number of ether oxygens (including phenoxy) is 1. The Balaban J connectivity index is 1.64. The summed E-state index contributed by atoms with van der Waals surface area (Å²) in [5, 5.41) is 0. The van der Waals surface area contributed by atoms with E-state index in [1.165, 1.54) is 31.5 Å². The zero-order chi connectivity index (χ0) is 12.1. The number of hydrogen-bond donors (Lipinski definition) is 0. The van der Waals surface area contributed by atoms with Crippen LogP contribution in [-0.2, 0) is 0 Å². The zero-order valence-corrected chi connectivity index (χ0v) is 11.0. The zero-order valence-electron chi connectivity index (χ0n) is 11.0. The van der Waals surface area contributed by atoms with E-state index in [0.29, 0.717) is 0 Å². The summed E-state index contributed by atoms with van der Waals surface area (Å²) in [5.74, 6) is 0.991. The number of aryl methyl sites for hydroxylation is 1. The van der Waals surface area contributed by atoms with E-state index >= 15 is 0 Å². The van der Waals surface area contributed by atoms with Crippen LogP contribution in [0.5, 0.6) is 5.75 Å².